The van der Waals surface area contributed by atoms with Gasteiger partial charge in [0, 0.05) is 18.8 Å². The molecular formula is C10H19N3O. The minimum absolute atomic E-state index is 0.289. The van der Waals surface area contributed by atoms with Crippen molar-refractivity contribution in [1.82, 2.24) is 9.55 Å². The molecule has 0 aliphatic carbocycles. The molecule has 0 saturated carbocycles. The molecule has 0 aliphatic heterocycles. The SMILES string of the molecule is CC(C)c1c(C(O)C(C)N)ncn1C. The number of nitrogens with two attached hydrogens (primary N) is 1. The lowest BCUT2D eigenvalue weighted by atomic mass is 10.0. The van der Waals surface area contributed by atoms with Crippen LogP contribution in [0.25, 0.3) is 0 Å². The highest BCUT2D eigenvalue weighted by atomic mass is 16.3. The smallest absolute Gasteiger partial charge is 0.113 e. The van der Waals surface area contributed by atoms with Gasteiger partial charge in [0.05, 0.1) is 12.0 Å². The van der Waals surface area contributed by atoms with Gasteiger partial charge in [-0.15, -0.1) is 0 Å². The molecule has 4 nitrogen and oxygen atoms in total. The zero-order valence-electron chi connectivity index (χ0n) is 9.23. The number of aromatic nitrogens is 2. The summed E-state index contributed by atoms with van der Waals surface area (Å²) >= 11 is 0. The van der Waals surface area contributed by atoms with Crippen LogP contribution >= 0.6 is 0 Å². The Labute approximate surface area is 84.8 Å². The van der Waals surface area contributed by atoms with Crippen LogP contribution < -0.4 is 5.73 Å². The zero-order chi connectivity index (χ0) is 10.9. The molecule has 4 heteroatoms. The van der Waals surface area contributed by atoms with Crippen molar-refractivity contribution < 1.29 is 5.11 Å². The van der Waals surface area contributed by atoms with Crippen LogP contribution in [0.3, 0.4) is 0 Å². The van der Waals surface area contributed by atoms with Gasteiger partial charge in [0.1, 0.15) is 6.10 Å². The molecule has 0 aromatic carbocycles. The largest absolute Gasteiger partial charge is 0.385 e. The molecule has 1 aromatic rings. The van der Waals surface area contributed by atoms with E-state index in [9.17, 15) is 5.11 Å². The minimum atomic E-state index is -0.673. The van der Waals surface area contributed by atoms with Crippen LogP contribution in [-0.4, -0.2) is 20.7 Å². The lowest BCUT2D eigenvalue weighted by molar-refractivity contribution is 0.147. The standard InChI is InChI=1S/C10H19N3O/c1-6(2)9-8(10(14)7(3)11)12-5-13(9)4/h5-7,10,14H,11H2,1-4H3. The lowest BCUT2D eigenvalue weighted by Gasteiger charge is -2.16. The molecule has 0 spiro atoms. The van der Waals surface area contributed by atoms with Crippen LogP contribution in [0.2, 0.25) is 0 Å². The summed E-state index contributed by atoms with van der Waals surface area (Å²) in [6, 6.07) is -0.289. The third-order valence-corrected chi connectivity index (χ3v) is 2.34. The van der Waals surface area contributed by atoms with Crippen LogP contribution in [0.15, 0.2) is 6.33 Å². The highest BCUT2D eigenvalue weighted by Crippen LogP contribution is 2.24. The van der Waals surface area contributed by atoms with E-state index >= 15 is 0 Å². The van der Waals surface area contributed by atoms with E-state index in [1.54, 1.807) is 13.3 Å². The normalized spacial score (nSPS) is 15.9. The Morgan fingerprint density at radius 2 is 2.00 bits per heavy atom. The molecule has 0 radical (unpaired) electrons. The Kier molecular flexibility index (Phi) is 3.29. The number of rotatable bonds is 3. The second-order valence-corrected chi connectivity index (χ2v) is 4.08. The maximum atomic E-state index is 9.84. The molecule has 14 heavy (non-hydrogen) atoms. The van der Waals surface area contributed by atoms with E-state index in [-0.39, 0.29) is 6.04 Å². The number of aliphatic hydroxyl groups is 1. The number of hydrogen-bond acceptors (Lipinski definition) is 3. The summed E-state index contributed by atoms with van der Waals surface area (Å²) in [5.41, 5.74) is 7.40. The average Bonchev–Trinajstić information content (AvgIpc) is 2.45. The molecule has 3 N–H and O–H groups in total. The van der Waals surface area contributed by atoms with Crippen molar-refractivity contribution in [2.75, 3.05) is 0 Å². The van der Waals surface area contributed by atoms with E-state index in [0.717, 1.165) is 5.69 Å². The molecular weight excluding hydrogens is 178 g/mol. The first-order chi connectivity index (χ1) is 6.45. The number of aryl methyl sites for hydroxylation is 1. The molecule has 1 rings (SSSR count). The summed E-state index contributed by atoms with van der Waals surface area (Å²) in [6.45, 7) is 5.94. The van der Waals surface area contributed by atoms with E-state index in [4.69, 9.17) is 5.73 Å². The molecule has 1 aromatic heterocycles. The van der Waals surface area contributed by atoms with Crippen LogP contribution in [0, 0.1) is 0 Å². The third kappa shape index (κ3) is 1.96. The van der Waals surface area contributed by atoms with Gasteiger partial charge in [-0.1, -0.05) is 13.8 Å². The molecule has 2 unspecified atom stereocenters. The van der Waals surface area contributed by atoms with Crippen molar-refractivity contribution in [3.8, 4) is 0 Å². The first kappa shape index (κ1) is 11.2. The van der Waals surface area contributed by atoms with Crippen molar-refractivity contribution in [2.24, 2.45) is 12.8 Å². The highest BCUT2D eigenvalue weighted by molar-refractivity contribution is 5.20. The summed E-state index contributed by atoms with van der Waals surface area (Å²) < 4.78 is 1.94. The van der Waals surface area contributed by atoms with Gasteiger partial charge in [0.25, 0.3) is 0 Å². The first-order valence-corrected chi connectivity index (χ1v) is 4.90. The fraction of sp³-hybridized carbons (Fsp3) is 0.700. The van der Waals surface area contributed by atoms with Gasteiger partial charge in [-0.05, 0) is 12.8 Å². The summed E-state index contributed by atoms with van der Waals surface area (Å²) in [6.07, 6.45) is 1.05. The maximum Gasteiger partial charge on any atom is 0.113 e. The van der Waals surface area contributed by atoms with Crippen molar-refractivity contribution >= 4 is 0 Å². The van der Waals surface area contributed by atoms with Crippen molar-refractivity contribution in [2.45, 2.75) is 38.8 Å². The van der Waals surface area contributed by atoms with Gasteiger partial charge >= 0.3 is 0 Å². The Balaban J connectivity index is 3.09. The minimum Gasteiger partial charge on any atom is -0.385 e. The molecule has 0 fully saturated rings. The number of hydrogen-bond donors (Lipinski definition) is 2. The van der Waals surface area contributed by atoms with Gasteiger partial charge in [0.2, 0.25) is 0 Å². The predicted octanol–water partition coefficient (Wildman–Crippen LogP) is 0.924. The van der Waals surface area contributed by atoms with E-state index in [1.807, 2.05) is 11.6 Å². The summed E-state index contributed by atoms with van der Waals surface area (Å²) in [5.74, 6) is 0.339. The van der Waals surface area contributed by atoms with Gasteiger partial charge in [-0.3, -0.25) is 0 Å². The fourth-order valence-corrected chi connectivity index (χ4v) is 1.64. The van der Waals surface area contributed by atoms with E-state index < -0.39 is 6.10 Å². The molecule has 2 atom stereocenters. The number of nitrogens with zero attached hydrogens (tertiary/aromatic N) is 2. The Morgan fingerprint density at radius 3 is 2.43 bits per heavy atom. The molecule has 0 saturated heterocycles. The summed E-state index contributed by atoms with van der Waals surface area (Å²) in [7, 11) is 1.93. The number of aliphatic hydroxyl groups excluding tert-OH is 1. The second kappa shape index (κ2) is 4.11. The monoisotopic (exact) mass is 197 g/mol. The quantitative estimate of drug-likeness (QED) is 0.757. The van der Waals surface area contributed by atoms with Crippen LogP contribution in [0.4, 0.5) is 0 Å². The Hall–Kier alpha value is -0.870. The lowest BCUT2D eigenvalue weighted by Crippen LogP contribution is -2.25. The van der Waals surface area contributed by atoms with E-state index in [2.05, 4.69) is 18.8 Å². The van der Waals surface area contributed by atoms with Crippen LogP contribution in [0.5, 0.6) is 0 Å². The Bertz CT molecular complexity index is 304. The Morgan fingerprint density at radius 1 is 1.43 bits per heavy atom. The van der Waals surface area contributed by atoms with Crippen molar-refractivity contribution in [3.05, 3.63) is 17.7 Å². The highest BCUT2D eigenvalue weighted by Gasteiger charge is 2.21. The van der Waals surface area contributed by atoms with Crippen LogP contribution in [-0.2, 0) is 7.05 Å². The van der Waals surface area contributed by atoms with Gasteiger partial charge in [-0.25, -0.2) is 4.98 Å². The molecule has 0 aliphatic rings. The maximum absolute atomic E-state index is 9.84. The fourth-order valence-electron chi connectivity index (χ4n) is 1.64. The van der Waals surface area contributed by atoms with Crippen molar-refractivity contribution in [1.29, 1.82) is 0 Å². The van der Waals surface area contributed by atoms with Gasteiger partial charge in [-0.2, -0.15) is 0 Å². The van der Waals surface area contributed by atoms with E-state index in [1.165, 1.54) is 0 Å². The third-order valence-electron chi connectivity index (χ3n) is 2.34. The van der Waals surface area contributed by atoms with Crippen molar-refractivity contribution in [3.63, 3.8) is 0 Å². The summed E-state index contributed by atoms with van der Waals surface area (Å²) in [4.78, 5) is 4.19. The predicted molar refractivity (Wildman–Crippen MR) is 55.9 cm³/mol. The van der Waals surface area contributed by atoms with Gasteiger partial charge < -0.3 is 15.4 Å². The molecule has 0 bridgehead atoms. The molecule has 80 valence electrons. The molecule has 0 amide bonds. The van der Waals surface area contributed by atoms with Crippen LogP contribution in [0.1, 0.15) is 44.2 Å². The van der Waals surface area contributed by atoms with Gasteiger partial charge in [0.15, 0.2) is 0 Å². The zero-order valence-corrected chi connectivity index (χ0v) is 9.23. The van der Waals surface area contributed by atoms with E-state index in [0.29, 0.717) is 11.6 Å². The number of imidazole rings is 1. The average molecular weight is 197 g/mol. The topological polar surface area (TPSA) is 64.1 Å². The summed E-state index contributed by atoms with van der Waals surface area (Å²) in [5, 5.41) is 9.84. The first-order valence-electron chi connectivity index (χ1n) is 4.90. The molecule has 1 heterocycles. The second-order valence-electron chi connectivity index (χ2n) is 4.08.